The van der Waals surface area contributed by atoms with Gasteiger partial charge in [-0.2, -0.15) is 0 Å². The zero-order valence-electron chi connectivity index (χ0n) is 7.35. The van der Waals surface area contributed by atoms with Gasteiger partial charge in [0.15, 0.2) is 0 Å². The van der Waals surface area contributed by atoms with Crippen LogP contribution in [0.1, 0.15) is 26.7 Å². The zero-order chi connectivity index (χ0) is 9.57. The van der Waals surface area contributed by atoms with Crippen LogP contribution in [0.5, 0.6) is 0 Å². The first-order valence-electron chi connectivity index (χ1n) is 4.09. The second-order valence-electron chi connectivity index (χ2n) is 4.15. The van der Waals surface area contributed by atoms with Gasteiger partial charge in [-0.15, -0.1) is 0 Å². The number of rotatable bonds is 2. The number of nitrogens with two attached hydrogens (primary N) is 1. The second kappa shape index (κ2) is 2.64. The van der Waals surface area contributed by atoms with Crippen LogP contribution in [0.4, 0.5) is 8.78 Å². The normalized spacial score (nSPS) is 42.0. The van der Waals surface area contributed by atoms with Crippen LogP contribution in [0.2, 0.25) is 0 Å². The maximum absolute atomic E-state index is 12.2. The molecule has 1 aliphatic carbocycles. The van der Waals surface area contributed by atoms with E-state index in [1.807, 2.05) is 13.8 Å². The summed E-state index contributed by atoms with van der Waals surface area (Å²) in [6, 6.07) is 0. The third-order valence-electron chi connectivity index (χ3n) is 2.83. The molecular weight excluding hydrogens is 164 g/mol. The van der Waals surface area contributed by atoms with Crippen molar-refractivity contribution in [2.45, 2.75) is 44.3 Å². The number of hydrogen-bond donors (Lipinski definition) is 2. The molecule has 0 aliphatic heterocycles. The quantitative estimate of drug-likeness (QED) is 0.667. The van der Waals surface area contributed by atoms with Gasteiger partial charge in [0.1, 0.15) is 5.60 Å². The van der Waals surface area contributed by atoms with Gasteiger partial charge < -0.3 is 10.8 Å². The molecule has 1 aliphatic rings. The molecule has 1 fully saturated rings. The fourth-order valence-corrected chi connectivity index (χ4v) is 1.65. The van der Waals surface area contributed by atoms with Crippen LogP contribution in [-0.4, -0.2) is 22.7 Å². The maximum atomic E-state index is 12.2. The predicted molar refractivity (Wildman–Crippen MR) is 41.9 cm³/mol. The first-order chi connectivity index (χ1) is 5.30. The summed E-state index contributed by atoms with van der Waals surface area (Å²) < 4.78 is 24.3. The Hall–Kier alpha value is -0.220. The Balaban J connectivity index is 2.56. The van der Waals surface area contributed by atoms with Gasteiger partial charge in [0, 0.05) is 18.4 Å². The van der Waals surface area contributed by atoms with Crippen molar-refractivity contribution in [2.75, 3.05) is 0 Å². The van der Waals surface area contributed by atoms with Crippen LogP contribution >= 0.6 is 0 Å². The van der Waals surface area contributed by atoms with Crippen molar-refractivity contribution >= 4 is 0 Å². The molecule has 12 heavy (non-hydrogen) atoms. The van der Waals surface area contributed by atoms with Crippen molar-refractivity contribution in [1.29, 1.82) is 0 Å². The Labute approximate surface area is 70.8 Å². The van der Waals surface area contributed by atoms with Crippen LogP contribution in [0.25, 0.3) is 0 Å². The van der Waals surface area contributed by atoms with Gasteiger partial charge in [-0.1, -0.05) is 13.8 Å². The van der Waals surface area contributed by atoms with E-state index < -0.39 is 17.6 Å². The maximum Gasteiger partial charge on any atom is 0.266 e. The highest BCUT2D eigenvalue weighted by Gasteiger charge is 2.57. The van der Waals surface area contributed by atoms with Crippen LogP contribution in [0.15, 0.2) is 0 Å². The Morgan fingerprint density at radius 1 is 1.33 bits per heavy atom. The first kappa shape index (κ1) is 9.86. The first-order valence-corrected chi connectivity index (χ1v) is 4.09. The molecule has 0 aromatic heterocycles. The molecule has 0 aromatic rings. The van der Waals surface area contributed by atoms with E-state index in [4.69, 9.17) is 5.73 Å². The summed E-state index contributed by atoms with van der Waals surface area (Å²) in [6.07, 6.45) is -2.65. The van der Waals surface area contributed by atoms with Gasteiger partial charge in [-0.05, 0) is 5.92 Å². The lowest BCUT2D eigenvalue weighted by atomic mass is 9.61. The Kier molecular flexibility index (Phi) is 2.17. The van der Waals surface area contributed by atoms with Crippen LogP contribution < -0.4 is 5.73 Å². The summed E-state index contributed by atoms with van der Waals surface area (Å²) in [6.45, 7) is 3.76. The van der Waals surface area contributed by atoms with E-state index in [-0.39, 0.29) is 18.8 Å². The van der Waals surface area contributed by atoms with Crippen LogP contribution in [0, 0.1) is 5.92 Å². The molecule has 3 N–H and O–H groups in total. The van der Waals surface area contributed by atoms with E-state index in [0.29, 0.717) is 0 Å². The third-order valence-corrected chi connectivity index (χ3v) is 2.83. The summed E-state index contributed by atoms with van der Waals surface area (Å²) >= 11 is 0. The molecule has 0 spiro atoms. The summed E-state index contributed by atoms with van der Waals surface area (Å²) in [5, 5.41) is 9.24. The van der Waals surface area contributed by atoms with Gasteiger partial charge in [0.05, 0.1) is 0 Å². The van der Waals surface area contributed by atoms with E-state index in [2.05, 4.69) is 0 Å². The largest absolute Gasteiger partial charge is 0.384 e. The molecule has 0 amide bonds. The van der Waals surface area contributed by atoms with E-state index in [9.17, 15) is 13.9 Å². The molecule has 0 heterocycles. The smallest absolute Gasteiger partial charge is 0.266 e. The topological polar surface area (TPSA) is 46.2 Å². The SMILES string of the molecule is CC(C)C1(N)CC(O)(C(F)F)C1. The van der Waals surface area contributed by atoms with Crippen molar-refractivity contribution < 1.29 is 13.9 Å². The molecule has 0 saturated heterocycles. The molecular formula is C8H15F2NO. The summed E-state index contributed by atoms with van der Waals surface area (Å²) in [4.78, 5) is 0. The minimum absolute atomic E-state index is 0.00926. The lowest BCUT2D eigenvalue weighted by Crippen LogP contribution is -2.67. The number of halogens is 2. The Morgan fingerprint density at radius 3 is 2.00 bits per heavy atom. The fourth-order valence-electron chi connectivity index (χ4n) is 1.65. The van der Waals surface area contributed by atoms with Gasteiger partial charge >= 0.3 is 0 Å². The minimum atomic E-state index is -2.67. The number of aliphatic hydroxyl groups is 1. The zero-order valence-corrected chi connectivity index (χ0v) is 7.35. The van der Waals surface area contributed by atoms with E-state index in [1.165, 1.54) is 0 Å². The minimum Gasteiger partial charge on any atom is -0.384 e. The molecule has 0 aromatic carbocycles. The van der Waals surface area contributed by atoms with Gasteiger partial charge in [0.2, 0.25) is 0 Å². The lowest BCUT2D eigenvalue weighted by Gasteiger charge is -2.53. The molecule has 0 unspecified atom stereocenters. The Bertz CT molecular complexity index is 158. The molecule has 1 rings (SSSR count). The highest BCUT2D eigenvalue weighted by molar-refractivity contribution is 5.10. The van der Waals surface area contributed by atoms with Crippen molar-refractivity contribution in [3.63, 3.8) is 0 Å². The monoisotopic (exact) mass is 179 g/mol. The van der Waals surface area contributed by atoms with Crippen LogP contribution in [0.3, 0.4) is 0 Å². The van der Waals surface area contributed by atoms with Gasteiger partial charge in [-0.25, -0.2) is 8.78 Å². The molecule has 0 bridgehead atoms. The van der Waals surface area contributed by atoms with Crippen LogP contribution in [-0.2, 0) is 0 Å². The van der Waals surface area contributed by atoms with Crippen molar-refractivity contribution in [1.82, 2.24) is 0 Å². The number of hydrogen-bond acceptors (Lipinski definition) is 2. The van der Waals surface area contributed by atoms with Gasteiger partial charge in [0.25, 0.3) is 6.43 Å². The highest BCUT2D eigenvalue weighted by atomic mass is 19.3. The highest BCUT2D eigenvalue weighted by Crippen LogP contribution is 2.47. The van der Waals surface area contributed by atoms with Crippen molar-refractivity contribution in [3.05, 3.63) is 0 Å². The van der Waals surface area contributed by atoms with Crippen molar-refractivity contribution in [3.8, 4) is 0 Å². The molecule has 1 saturated carbocycles. The molecule has 4 heteroatoms. The van der Waals surface area contributed by atoms with Crippen molar-refractivity contribution in [2.24, 2.45) is 11.7 Å². The summed E-state index contributed by atoms with van der Waals surface area (Å²) in [5.41, 5.74) is 3.35. The molecule has 2 nitrogen and oxygen atoms in total. The Morgan fingerprint density at radius 2 is 1.75 bits per heavy atom. The third kappa shape index (κ3) is 1.33. The molecule has 72 valence electrons. The summed E-state index contributed by atoms with van der Waals surface area (Å²) in [7, 11) is 0. The molecule has 0 atom stereocenters. The standard InChI is InChI=1S/C8H15F2NO/c1-5(2)7(11)3-8(12,4-7)6(9)10/h5-6,12H,3-4,11H2,1-2H3. The predicted octanol–water partition coefficient (Wildman–Crippen LogP) is 1.13. The van der Waals surface area contributed by atoms with Gasteiger partial charge in [-0.3, -0.25) is 0 Å². The molecule has 0 radical (unpaired) electrons. The number of alkyl halides is 2. The van der Waals surface area contributed by atoms with E-state index in [1.54, 1.807) is 0 Å². The second-order valence-corrected chi connectivity index (χ2v) is 4.15. The average molecular weight is 179 g/mol. The fraction of sp³-hybridized carbons (Fsp3) is 1.00. The van der Waals surface area contributed by atoms with E-state index >= 15 is 0 Å². The summed E-state index contributed by atoms with van der Waals surface area (Å²) in [5.74, 6) is 0.136. The van der Waals surface area contributed by atoms with E-state index in [0.717, 1.165) is 0 Å². The lowest BCUT2D eigenvalue weighted by molar-refractivity contribution is -0.184. The average Bonchev–Trinajstić information content (AvgIpc) is 1.83.